The molecule has 3 aromatic carbocycles. The number of hydrogen-bond donors (Lipinski definition) is 0. The van der Waals surface area contributed by atoms with Crippen LogP contribution in [-0.4, -0.2) is 26.8 Å². The van der Waals surface area contributed by atoms with Crippen LogP contribution in [-0.2, 0) is 9.84 Å². The standard InChI is InChI=1S/C24H18N2O4S2/c1-29-16-8-11-21-18(12-16)20(14-22(30-21)15-6-4-3-5-7-15)26-24-25-19-10-9-17(32(2,27)28)13-23(19)31-24/h3-14H,1-2H3. The van der Waals surface area contributed by atoms with Crippen LogP contribution in [0.25, 0.3) is 32.5 Å². The van der Waals surface area contributed by atoms with Crippen molar-refractivity contribution in [3.05, 3.63) is 78.2 Å². The summed E-state index contributed by atoms with van der Waals surface area (Å²) in [5.41, 5.74) is 2.31. The van der Waals surface area contributed by atoms with Gasteiger partial charge in [-0.25, -0.2) is 18.4 Å². The summed E-state index contributed by atoms with van der Waals surface area (Å²) >= 11 is 1.34. The quantitative estimate of drug-likeness (QED) is 0.359. The fourth-order valence-corrected chi connectivity index (χ4v) is 5.00. The molecule has 0 radical (unpaired) electrons. The monoisotopic (exact) mass is 462 g/mol. The summed E-state index contributed by atoms with van der Waals surface area (Å²) in [6.45, 7) is 0. The van der Waals surface area contributed by atoms with Gasteiger partial charge < -0.3 is 9.15 Å². The van der Waals surface area contributed by atoms with Crippen molar-refractivity contribution < 1.29 is 17.6 Å². The SMILES string of the molecule is COc1ccc2oc(-c3ccccc3)cc(=Nc3nc4ccc(S(C)(=O)=O)cc4s3)c2c1. The summed E-state index contributed by atoms with van der Waals surface area (Å²) in [6.07, 6.45) is 1.19. The fourth-order valence-electron chi connectivity index (χ4n) is 3.39. The van der Waals surface area contributed by atoms with Gasteiger partial charge in [-0.3, -0.25) is 0 Å². The Hall–Kier alpha value is -3.49. The molecule has 0 aliphatic rings. The third-order valence-corrected chi connectivity index (χ3v) is 7.02. The molecule has 160 valence electrons. The molecule has 0 unspecified atom stereocenters. The van der Waals surface area contributed by atoms with Crippen molar-refractivity contribution in [2.24, 2.45) is 4.99 Å². The first kappa shape index (κ1) is 20.4. The predicted molar refractivity (Wildman–Crippen MR) is 126 cm³/mol. The number of sulfone groups is 1. The largest absolute Gasteiger partial charge is 0.497 e. The number of nitrogens with zero attached hydrogens (tertiary/aromatic N) is 2. The van der Waals surface area contributed by atoms with Crippen LogP contribution in [0.15, 0.2) is 87.1 Å². The molecule has 0 N–H and O–H groups in total. The van der Waals surface area contributed by atoms with Gasteiger partial charge in [0.05, 0.1) is 27.6 Å². The normalized spacial score (nSPS) is 12.5. The molecule has 0 fully saturated rings. The van der Waals surface area contributed by atoms with Gasteiger partial charge in [-0.1, -0.05) is 41.7 Å². The zero-order valence-corrected chi connectivity index (χ0v) is 18.9. The van der Waals surface area contributed by atoms with Gasteiger partial charge in [0, 0.05) is 23.3 Å². The Morgan fingerprint density at radius 1 is 1.00 bits per heavy atom. The smallest absolute Gasteiger partial charge is 0.210 e. The lowest BCUT2D eigenvalue weighted by Crippen LogP contribution is -2.03. The summed E-state index contributed by atoms with van der Waals surface area (Å²) < 4.78 is 36.1. The summed E-state index contributed by atoms with van der Waals surface area (Å²) in [5, 5.41) is 2.01. The number of fused-ring (bicyclic) bond motifs is 2. The van der Waals surface area contributed by atoms with Crippen LogP contribution in [0.2, 0.25) is 0 Å². The number of thiazole rings is 1. The van der Waals surface area contributed by atoms with E-state index in [-0.39, 0.29) is 4.90 Å². The second-order valence-corrected chi connectivity index (χ2v) is 10.3. The summed E-state index contributed by atoms with van der Waals surface area (Å²) in [7, 11) is -1.68. The Morgan fingerprint density at radius 2 is 1.81 bits per heavy atom. The predicted octanol–water partition coefficient (Wildman–Crippen LogP) is 5.35. The lowest BCUT2D eigenvalue weighted by atomic mass is 10.1. The maximum absolute atomic E-state index is 11.9. The van der Waals surface area contributed by atoms with E-state index in [4.69, 9.17) is 14.1 Å². The minimum absolute atomic E-state index is 0.264. The third-order valence-electron chi connectivity index (χ3n) is 5.00. The molecular weight excluding hydrogens is 444 g/mol. The average molecular weight is 463 g/mol. The maximum Gasteiger partial charge on any atom is 0.210 e. The summed E-state index contributed by atoms with van der Waals surface area (Å²) in [5.74, 6) is 1.38. The van der Waals surface area contributed by atoms with Crippen molar-refractivity contribution in [2.45, 2.75) is 4.90 Å². The van der Waals surface area contributed by atoms with Gasteiger partial charge in [0.1, 0.15) is 17.1 Å². The van der Waals surface area contributed by atoms with Gasteiger partial charge in [0.15, 0.2) is 9.84 Å². The van der Waals surface area contributed by atoms with E-state index in [0.717, 1.165) is 15.6 Å². The lowest BCUT2D eigenvalue weighted by Gasteiger charge is -2.06. The molecule has 0 aliphatic carbocycles. The van der Waals surface area contributed by atoms with Gasteiger partial charge >= 0.3 is 0 Å². The van der Waals surface area contributed by atoms with Gasteiger partial charge in [0.2, 0.25) is 5.13 Å². The van der Waals surface area contributed by atoms with E-state index in [0.29, 0.717) is 33.1 Å². The van der Waals surface area contributed by atoms with Crippen molar-refractivity contribution in [1.82, 2.24) is 4.98 Å². The van der Waals surface area contributed by atoms with E-state index >= 15 is 0 Å². The van der Waals surface area contributed by atoms with Crippen LogP contribution in [0.1, 0.15) is 0 Å². The van der Waals surface area contributed by atoms with Gasteiger partial charge in [-0.15, -0.1) is 0 Å². The lowest BCUT2D eigenvalue weighted by molar-refractivity contribution is 0.415. The number of ether oxygens (including phenoxy) is 1. The number of rotatable bonds is 4. The molecule has 0 amide bonds. The van der Waals surface area contributed by atoms with Crippen molar-refractivity contribution in [1.29, 1.82) is 0 Å². The van der Waals surface area contributed by atoms with E-state index in [9.17, 15) is 8.42 Å². The molecule has 2 aromatic heterocycles. The third kappa shape index (κ3) is 3.90. The number of benzene rings is 3. The van der Waals surface area contributed by atoms with E-state index < -0.39 is 9.84 Å². The van der Waals surface area contributed by atoms with Crippen LogP contribution >= 0.6 is 11.3 Å². The van der Waals surface area contributed by atoms with E-state index in [1.54, 1.807) is 25.3 Å². The van der Waals surface area contributed by atoms with Crippen molar-refractivity contribution in [3.8, 4) is 17.1 Å². The van der Waals surface area contributed by atoms with Crippen LogP contribution in [0.4, 0.5) is 5.13 Å². The van der Waals surface area contributed by atoms with Crippen molar-refractivity contribution >= 4 is 47.5 Å². The first-order valence-electron chi connectivity index (χ1n) is 9.73. The molecule has 0 aliphatic heterocycles. The van der Waals surface area contributed by atoms with Crippen molar-refractivity contribution in [2.75, 3.05) is 13.4 Å². The molecule has 5 aromatic rings. The first-order chi connectivity index (χ1) is 15.4. The van der Waals surface area contributed by atoms with Gasteiger partial charge in [-0.2, -0.15) is 0 Å². The van der Waals surface area contributed by atoms with Gasteiger partial charge in [-0.05, 0) is 36.4 Å². The molecule has 0 saturated carbocycles. The highest BCUT2D eigenvalue weighted by Crippen LogP contribution is 2.30. The molecule has 0 saturated heterocycles. The molecule has 5 rings (SSSR count). The zero-order chi connectivity index (χ0) is 22.3. The Balaban J connectivity index is 1.74. The number of methoxy groups -OCH3 is 1. The number of hydrogen-bond acceptors (Lipinski definition) is 7. The second kappa shape index (κ2) is 7.89. The second-order valence-electron chi connectivity index (χ2n) is 7.23. The maximum atomic E-state index is 11.9. The van der Waals surface area contributed by atoms with Gasteiger partial charge in [0.25, 0.3) is 0 Å². The zero-order valence-electron chi connectivity index (χ0n) is 17.3. The molecular formula is C24H18N2O4S2. The van der Waals surface area contributed by atoms with Crippen LogP contribution in [0.5, 0.6) is 5.75 Å². The Kier molecular flexibility index (Phi) is 5.03. The Bertz CT molecular complexity index is 1640. The fraction of sp³-hybridized carbons (Fsp3) is 0.0833. The molecule has 2 heterocycles. The van der Waals surface area contributed by atoms with Crippen LogP contribution in [0.3, 0.4) is 0 Å². The molecule has 0 bridgehead atoms. The summed E-state index contributed by atoms with van der Waals surface area (Å²) in [4.78, 5) is 9.64. The van der Waals surface area contributed by atoms with E-state index in [1.165, 1.54) is 17.6 Å². The van der Waals surface area contributed by atoms with E-state index in [2.05, 4.69) is 4.98 Å². The molecule has 6 nitrogen and oxygen atoms in total. The molecule has 0 atom stereocenters. The minimum Gasteiger partial charge on any atom is -0.497 e. The topological polar surface area (TPSA) is 81.8 Å². The number of aromatic nitrogens is 1. The highest BCUT2D eigenvalue weighted by Gasteiger charge is 2.12. The summed E-state index contributed by atoms with van der Waals surface area (Å²) in [6, 6.07) is 22.2. The molecule has 8 heteroatoms. The van der Waals surface area contributed by atoms with Crippen LogP contribution < -0.4 is 10.1 Å². The Morgan fingerprint density at radius 3 is 2.56 bits per heavy atom. The van der Waals surface area contributed by atoms with E-state index in [1.807, 2.05) is 54.6 Å². The molecule has 0 spiro atoms. The van der Waals surface area contributed by atoms with Crippen LogP contribution in [0, 0.1) is 0 Å². The first-order valence-corrected chi connectivity index (χ1v) is 12.4. The minimum atomic E-state index is -3.29. The van der Waals surface area contributed by atoms with Crippen molar-refractivity contribution in [3.63, 3.8) is 0 Å². The highest BCUT2D eigenvalue weighted by molar-refractivity contribution is 7.90. The Labute approximate surface area is 188 Å². The highest BCUT2D eigenvalue weighted by atomic mass is 32.2. The average Bonchev–Trinajstić information content (AvgIpc) is 3.20. The molecule has 32 heavy (non-hydrogen) atoms.